The van der Waals surface area contributed by atoms with Gasteiger partial charge in [-0.1, -0.05) is 0 Å². The Hall–Kier alpha value is -2.04. The van der Waals surface area contributed by atoms with E-state index in [1.54, 1.807) is 12.6 Å². The van der Waals surface area contributed by atoms with Gasteiger partial charge in [0.25, 0.3) is 0 Å². The molecule has 0 unspecified atom stereocenters. The van der Waals surface area contributed by atoms with Crippen LogP contribution in [0.15, 0.2) is 29.1 Å². The molecule has 0 N–H and O–H groups in total. The van der Waals surface area contributed by atoms with Crippen LogP contribution in [0.5, 0.6) is 0 Å². The number of aromatic nitrogens is 2. The Balaban J connectivity index is 1.74. The third-order valence-electron chi connectivity index (χ3n) is 4.08. The normalized spacial score (nSPS) is 15.2. The van der Waals surface area contributed by atoms with E-state index in [4.69, 9.17) is 4.42 Å². The first-order valence-corrected chi connectivity index (χ1v) is 7.55. The maximum atomic E-state index is 5.35. The SMILES string of the molecule is Cc1occc1CN(C)c1cc(N2CCCCC2)ncn1. The van der Waals surface area contributed by atoms with Crippen molar-refractivity contribution in [1.82, 2.24) is 9.97 Å². The van der Waals surface area contributed by atoms with Crippen LogP contribution in [0.25, 0.3) is 0 Å². The maximum absolute atomic E-state index is 5.35. The number of hydrogen-bond donors (Lipinski definition) is 0. The van der Waals surface area contributed by atoms with Gasteiger partial charge in [0.05, 0.1) is 6.26 Å². The zero-order valence-electron chi connectivity index (χ0n) is 12.7. The molecule has 5 nitrogen and oxygen atoms in total. The lowest BCUT2D eigenvalue weighted by atomic mass is 10.1. The van der Waals surface area contributed by atoms with E-state index in [1.807, 2.05) is 13.0 Å². The Bertz CT molecular complexity index is 589. The van der Waals surface area contributed by atoms with Gasteiger partial charge >= 0.3 is 0 Å². The Morgan fingerprint density at radius 1 is 1.24 bits per heavy atom. The smallest absolute Gasteiger partial charge is 0.134 e. The summed E-state index contributed by atoms with van der Waals surface area (Å²) in [6, 6.07) is 4.10. The number of aryl methyl sites for hydroxylation is 1. The molecule has 1 fully saturated rings. The van der Waals surface area contributed by atoms with Crippen molar-refractivity contribution in [2.24, 2.45) is 0 Å². The number of rotatable bonds is 4. The first-order valence-electron chi connectivity index (χ1n) is 7.55. The molecule has 0 radical (unpaired) electrons. The van der Waals surface area contributed by atoms with Crippen LogP contribution in [-0.2, 0) is 6.54 Å². The summed E-state index contributed by atoms with van der Waals surface area (Å²) in [5.41, 5.74) is 1.19. The molecule has 2 aromatic heterocycles. The average molecular weight is 286 g/mol. The highest BCUT2D eigenvalue weighted by atomic mass is 16.3. The van der Waals surface area contributed by atoms with Gasteiger partial charge in [-0.15, -0.1) is 0 Å². The van der Waals surface area contributed by atoms with Crippen LogP contribution in [0, 0.1) is 6.92 Å². The highest BCUT2D eigenvalue weighted by Crippen LogP contribution is 2.22. The highest BCUT2D eigenvalue weighted by Gasteiger charge is 2.14. The summed E-state index contributed by atoms with van der Waals surface area (Å²) in [5.74, 6) is 2.95. The minimum Gasteiger partial charge on any atom is -0.469 e. The second kappa shape index (κ2) is 6.16. The first-order chi connectivity index (χ1) is 10.2. The molecule has 0 bridgehead atoms. The van der Waals surface area contributed by atoms with Gasteiger partial charge in [0.15, 0.2) is 0 Å². The van der Waals surface area contributed by atoms with E-state index >= 15 is 0 Å². The molecular formula is C16H22N4O. The lowest BCUT2D eigenvalue weighted by Gasteiger charge is -2.28. The molecule has 21 heavy (non-hydrogen) atoms. The van der Waals surface area contributed by atoms with E-state index in [-0.39, 0.29) is 0 Å². The lowest BCUT2D eigenvalue weighted by molar-refractivity contribution is 0.529. The standard InChI is InChI=1S/C16H22N4O/c1-13-14(6-9-21-13)11-19(2)15-10-16(18-12-17-15)20-7-4-3-5-8-20/h6,9-10,12H,3-5,7-8,11H2,1-2H3. The van der Waals surface area contributed by atoms with Gasteiger partial charge in [-0.05, 0) is 32.3 Å². The van der Waals surface area contributed by atoms with E-state index in [0.29, 0.717) is 0 Å². The van der Waals surface area contributed by atoms with Crippen LogP contribution >= 0.6 is 0 Å². The molecule has 1 saturated heterocycles. The van der Waals surface area contributed by atoms with Crippen molar-refractivity contribution in [2.45, 2.75) is 32.7 Å². The van der Waals surface area contributed by atoms with E-state index in [9.17, 15) is 0 Å². The van der Waals surface area contributed by atoms with Gasteiger partial charge in [0.2, 0.25) is 0 Å². The number of furan rings is 1. The summed E-state index contributed by atoms with van der Waals surface area (Å²) < 4.78 is 5.35. The summed E-state index contributed by atoms with van der Waals surface area (Å²) in [5, 5.41) is 0. The van der Waals surface area contributed by atoms with Crippen molar-refractivity contribution in [2.75, 3.05) is 29.9 Å². The number of nitrogens with zero attached hydrogens (tertiary/aromatic N) is 4. The fourth-order valence-electron chi connectivity index (χ4n) is 2.75. The molecule has 5 heteroatoms. The van der Waals surface area contributed by atoms with Crippen molar-refractivity contribution in [3.8, 4) is 0 Å². The molecule has 0 spiro atoms. The molecule has 1 aliphatic heterocycles. The molecule has 2 aromatic rings. The highest BCUT2D eigenvalue weighted by molar-refractivity contribution is 5.50. The van der Waals surface area contributed by atoms with Crippen LogP contribution in [-0.4, -0.2) is 30.1 Å². The summed E-state index contributed by atoms with van der Waals surface area (Å²) in [7, 11) is 2.05. The first kappa shape index (κ1) is 13.9. The number of hydrogen-bond acceptors (Lipinski definition) is 5. The van der Waals surface area contributed by atoms with Crippen LogP contribution in [0.4, 0.5) is 11.6 Å². The average Bonchev–Trinajstić information content (AvgIpc) is 2.93. The molecule has 0 aromatic carbocycles. The fraction of sp³-hybridized carbons (Fsp3) is 0.500. The van der Waals surface area contributed by atoms with Gasteiger partial charge in [-0.2, -0.15) is 0 Å². The second-order valence-electron chi connectivity index (χ2n) is 5.64. The third kappa shape index (κ3) is 3.17. The van der Waals surface area contributed by atoms with Crippen molar-refractivity contribution in [3.05, 3.63) is 36.0 Å². The van der Waals surface area contributed by atoms with Crippen LogP contribution in [0.2, 0.25) is 0 Å². The van der Waals surface area contributed by atoms with Gasteiger partial charge in [0.1, 0.15) is 23.7 Å². The zero-order valence-corrected chi connectivity index (χ0v) is 12.7. The topological polar surface area (TPSA) is 45.4 Å². The third-order valence-corrected chi connectivity index (χ3v) is 4.08. The minimum absolute atomic E-state index is 0.790. The minimum atomic E-state index is 0.790. The van der Waals surface area contributed by atoms with Crippen LogP contribution in [0.1, 0.15) is 30.6 Å². The maximum Gasteiger partial charge on any atom is 0.134 e. The molecule has 3 heterocycles. The Kier molecular flexibility index (Phi) is 4.08. The van der Waals surface area contributed by atoms with Crippen LogP contribution in [0.3, 0.4) is 0 Å². The molecule has 1 aliphatic rings. The van der Waals surface area contributed by atoms with Crippen LogP contribution < -0.4 is 9.80 Å². The second-order valence-corrected chi connectivity index (χ2v) is 5.64. The Morgan fingerprint density at radius 2 is 2.05 bits per heavy atom. The van der Waals surface area contributed by atoms with Gasteiger partial charge in [0, 0.05) is 38.3 Å². The van der Waals surface area contributed by atoms with Gasteiger partial charge < -0.3 is 14.2 Å². The Labute approximate surface area is 125 Å². The number of anilines is 2. The van der Waals surface area contributed by atoms with Gasteiger partial charge in [-0.25, -0.2) is 9.97 Å². The summed E-state index contributed by atoms with van der Waals surface area (Å²) in [4.78, 5) is 13.3. The predicted molar refractivity (Wildman–Crippen MR) is 83.6 cm³/mol. The lowest BCUT2D eigenvalue weighted by Crippen LogP contribution is -2.30. The molecule has 0 saturated carbocycles. The summed E-state index contributed by atoms with van der Waals surface area (Å²) >= 11 is 0. The monoisotopic (exact) mass is 286 g/mol. The fourth-order valence-corrected chi connectivity index (χ4v) is 2.75. The van der Waals surface area contributed by atoms with E-state index < -0.39 is 0 Å². The predicted octanol–water partition coefficient (Wildman–Crippen LogP) is 3.00. The van der Waals surface area contributed by atoms with E-state index in [0.717, 1.165) is 37.0 Å². The molecule has 0 atom stereocenters. The van der Waals surface area contributed by atoms with Crippen molar-refractivity contribution in [1.29, 1.82) is 0 Å². The summed E-state index contributed by atoms with van der Waals surface area (Å²) in [6.45, 7) is 4.98. The zero-order chi connectivity index (χ0) is 14.7. The van der Waals surface area contributed by atoms with Crippen molar-refractivity contribution in [3.63, 3.8) is 0 Å². The van der Waals surface area contributed by atoms with E-state index in [2.05, 4.69) is 32.9 Å². The van der Waals surface area contributed by atoms with E-state index in [1.165, 1.54) is 24.8 Å². The number of piperidine rings is 1. The largest absolute Gasteiger partial charge is 0.469 e. The molecule has 0 aliphatic carbocycles. The van der Waals surface area contributed by atoms with Crippen molar-refractivity contribution < 1.29 is 4.42 Å². The Morgan fingerprint density at radius 3 is 2.76 bits per heavy atom. The molecular weight excluding hydrogens is 264 g/mol. The summed E-state index contributed by atoms with van der Waals surface area (Å²) in [6.07, 6.45) is 7.23. The molecule has 3 rings (SSSR count). The molecule has 112 valence electrons. The molecule has 0 amide bonds. The van der Waals surface area contributed by atoms with Crippen molar-refractivity contribution >= 4 is 11.6 Å². The van der Waals surface area contributed by atoms with Gasteiger partial charge in [-0.3, -0.25) is 0 Å². The quantitative estimate of drug-likeness (QED) is 0.864.